The summed E-state index contributed by atoms with van der Waals surface area (Å²) in [5, 5.41) is 0. The molecular weight excluding hydrogens is 230 g/mol. The zero-order valence-electron chi connectivity index (χ0n) is 11.5. The van der Waals surface area contributed by atoms with Gasteiger partial charge in [-0.25, -0.2) is 0 Å². The van der Waals surface area contributed by atoms with Crippen molar-refractivity contribution < 1.29 is 14.3 Å². The van der Waals surface area contributed by atoms with Crippen molar-refractivity contribution in [2.45, 2.75) is 51.2 Å². The molecule has 0 aromatic carbocycles. The second kappa shape index (κ2) is 5.68. The molecule has 18 heavy (non-hydrogen) atoms. The van der Waals surface area contributed by atoms with Gasteiger partial charge in [0.25, 0.3) is 0 Å². The van der Waals surface area contributed by atoms with Gasteiger partial charge in [-0.3, -0.25) is 4.79 Å². The van der Waals surface area contributed by atoms with Gasteiger partial charge in [-0.05, 0) is 18.8 Å². The van der Waals surface area contributed by atoms with E-state index < -0.39 is 0 Å². The monoisotopic (exact) mass is 255 g/mol. The van der Waals surface area contributed by atoms with Gasteiger partial charge in [0.15, 0.2) is 5.78 Å². The zero-order chi connectivity index (χ0) is 13.2. The predicted molar refractivity (Wildman–Crippen MR) is 69.3 cm³/mol. The highest BCUT2D eigenvalue weighted by molar-refractivity contribution is 5.86. The van der Waals surface area contributed by atoms with Gasteiger partial charge >= 0.3 is 0 Å². The van der Waals surface area contributed by atoms with E-state index in [1.807, 2.05) is 0 Å². The number of carbonyl (C=O) groups is 1. The highest BCUT2D eigenvalue weighted by Gasteiger charge is 2.43. The molecule has 4 nitrogen and oxygen atoms in total. The molecule has 0 aliphatic carbocycles. The highest BCUT2D eigenvalue weighted by atomic mass is 16.6. The fraction of sp³-hybridized carbons (Fsp3) is 0.929. The maximum Gasteiger partial charge on any atom is 0.153 e. The number of ketones is 1. The van der Waals surface area contributed by atoms with Gasteiger partial charge in [-0.1, -0.05) is 20.3 Å². The lowest BCUT2D eigenvalue weighted by atomic mass is 9.79. The third-order valence-electron chi connectivity index (χ3n) is 4.55. The van der Waals surface area contributed by atoms with Crippen molar-refractivity contribution in [3.63, 3.8) is 0 Å². The third kappa shape index (κ3) is 2.76. The lowest BCUT2D eigenvalue weighted by Gasteiger charge is -2.37. The number of Topliss-reactive ketones (excluding diaryl/α,β-unsaturated/α-hetero) is 1. The number of carbonyl (C=O) groups excluding carboxylic acids is 1. The number of rotatable bonds is 4. The fourth-order valence-electron chi connectivity index (χ4n) is 2.94. The smallest absolute Gasteiger partial charge is 0.153 e. The molecule has 4 heteroatoms. The van der Waals surface area contributed by atoms with Gasteiger partial charge in [-0.2, -0.15) is 0 Å². The van der Waals surface area contributed by atoms with Crippen molar-refractivity contribution in [1.29, 1.82) is 0 Å². The van der Waals surface area contributed by atoms with Crippen molar-refractivity contribution in [2.24, 2.45) is 17.6 Å². The molecule has 0 amide bonds. The van der Waals surface area contributed by atoms with Crippen LogP contribution in [0.3, 0.4) is 0 Å². The summed E-state index contributed by atoms with van der Waals surface area (Å²) >= 11 is 0. The first-order valence-electron chi connectivity index (χ1n) is 7.09. The van der Waals surface area contributed by atoms with Crippen LogP contribution in [0.15, 0.2) is 0 Å². The van der Waals surface area contributed by atoms with Crippen molar-refractivity contribution in [3.8, 4) is 0 Å². The van der Waals surface area contributed by atoms with Crippen LogP contribution in [-0.4, -0.2) is 37.2 Å². The molecule has 2 aliphatic heterocycles. The lowest BCUT2D eigenvalue weighted by Crippen LogP contribution is -2.47. The Bertz CT molecular complexity index is 299. The first-order valence-corrected chi connectivity index (χ1v) is 7.09. The van der Waals surface area contributed by atoms with Crippen molar-refractivity contribution in [2.75, 3.05) is 19.8 Å². The topological polar surface area (TPSA) is 61.6 Å². The van der Waals surface area contributed by atoms with E-state index in [1.54, 1.807) is 0 Å². The minimum Gasteiger partial charge on any atom is -0.378 e. The molecule has 0 radical (unpaired) electrons. The number of nitrogens with two attached hydrogens (primary N) is 1. The Morgan fingerprint density at radius 3 is 2.89 bits per heavy atom. The van der Waals surface area contributed by atoms with E-state index in [0.29, 0.717) is 13.2 Å². The predicted octanol–water partition coefficient (Wildman–Crippen LogP) is 1.51. The molecule has 4 unspecified atom stereocenters. The lowest BCUT2D eigenvalue weighted by molar-refractivity contribution is -0.139. The Morgan fingerprint density at radius 1 is 1.50 bits per heavy atom. The molecule has 0 aromatic rings. The van der Waals surface area contributed by atoms with E-state index in [4.69, 9.17) is 15.2 Å². The summed E-state index contributed by atoms with van der Waals surface area (Å²) in [4.78, 5) is 12.4. The summed E-state index contributed by atoms with van der Waals surface area (Å²) in [6.45, 7) is 6.17. The zero-order valence-corrected chi connectivity index (χ0v) is 11.5. The van der Waals surface area contributed by atoms with Crippen LogP contribution in [0.5, 0.6) is 0 Å². The fourth-order valence-corrected chi connectivity index (χ4v) is 2.94. The summed E-state index contributed by atoms with van der Waals surface area (Å²) in [6, 6.07) is -0.322. The third-order valence-corrected chi connectivity index (χ3v) is 4.55. The van der Waals surface area contributed by atoms with E-state index in [2.05, 4.69) is 13.8 Å². The van der Waals surface area contributed by atoms with Crippen LogP contribution in [0.2, 0.25) is 0 Å². The number of hydrogen-bond acceptors (Lipinski definition) is 4. The maximum atomic E-state index is 12.4. The largest absolute Gasteiger partial charge is 0.378 e. The van der Waals surface area contributed by atoms with E-state index in [-0.39, 0.29) is 29.3 Å². The Labute approximate surface area is 109 Å². The van der Waals surface area contributed by atoms with Crippen molar-refractivity contribution in [1.82, 2.24) is 0 Å². The van der Waals surface area contributed by atoms with Crippen LogP contribution in [0.1, 0.15) is 39.5 Å². The minimum absolute atomic E-state index is 0.0597. The Hall–Kier alpha value is -0.450. The summed E-state index contributed by atoms with van der Waals surface area (Å²) in [6.07, 6.45) is 3.46. The summed E-state index contributed by atoms with van der Waals surface area (Å²) in [5.41, 5.74) is 5.87. The van der Waals surface area contributed by atoms with Crippen LogP contribution >= 0.6 is 0 Å². The van der Waals surface area contributed by atoms with Gasteiger partial charge in [0, 0.05) is 25.6 Å². The second-order valence-corrected chi connectivity index (χ2v) is 5.84. The average Bonchev–Trinajstić information content (AvgIpc) is 2.84. The molecular formula is C14H25NO3. The van der Waals surface area contributed by atoms with E-state index >= 15 is 0 Å². The molecule has 104 valence electrons. The van der Waals surface area contributed by atoms with Crippen LogP contribution in [0.4, 0.5) is 0 Å². The summed E-state index contributed by atoms with van der Waals surface area (Å²) < 4.78 is 11.3. The first-order chi connectivity index (χ1) is 8.58. The molecule has 4 atom stereocenters. The molecule has 2 saturated heterocycles. The van der Waals surface area contributed by atoms with Gasteiger partial charge in [0.2, 0.25) is 0 Å². The quantitative estimate of drug-likeness (QED) is 0.827. The van der Waals surface area contributed by atoms with Gasteiger partial charge in [0.05, 0.1) is 18.2 Å². The minimum atomic E-state index is -0.322. The molecule has 0 bridgehead atoms. The van der Waals surface area contributed by atoms with Crippen molar-refractivity contribution >= 4 is 5.78 Å². The number of ether oxygens (including phenoxy) is 2. The van der Waals surface area contributed by atoms with E-state index in [9.17, 15) is 4.79 Å². The van der Waals surface area contributed by atoms with Crippen LogP contribution in [0, 0.1) is 11.8 Å². The normalized spacial score (nSPS) is 35.6. The Kier molecular flexibility index (Phi) is 4.41. The van der Waals surface area contributed by atoms with Crippen LogP contribution in [-0.2, 0) is 14.3 Å². The Morgan fingerprint density at radius 2 is 2.28 bits per heavy atom. The van der Waals surface area contributed by atoms with Gasteiger partial charge < -0.3 is 15.2 Å². The van der Waals surface area contributed by atoms with Crippen LogP contribution in [0.25, 0.3) is 0 Å². The molecule has 0 saturated carbocycles. The molecule has 2 aliphatic rings. The van der Waals surface area contributed by atoms with E-state index in [1.165, 1.54) is 0 Å². The second-order valence-electron chi connectivity index (χ2n) is 5.84. The van der Waals surface area contributed by atoms with Crippen molar-refractivity contribution in [3.05, 3.63) is 0 Å². The molecule has 2 N–H and O–H groups in total. The molecule has 2 rings (SSSR count). The van der Waals surface area contributed by atoms with Gasteiger partial charge in [-0.15, -0.1) is 0 Å². The molecule has 2 fully saturated rings. The van der Waals surface area contributed by atoms with Crippen LogP contribution < -0.4 is 5.73 Å². The summed E-state index contributed by atoms with van der Waals surface area (Å²) in [5.74, 6) is 0.541. The summed E-state index contributed by atoms with van der Waals surface area (Å²) in [7, 11) is 0. The Balaban J connectivity index is 1.98. The van der Waals surface area contributed by atoms with E-state index in [0.717, 1.165) is 32.3 Å². The highest BCUT2D eigenvalue weighted by Crippen LogP contribution is 2.36. The SMILES string of the molecule is CCC(C)C(N)C(=O)C1CCOC2(CCOC2)C1. The first kappa shape index (κ1) is 14.0. The maximum absolute atomic E-state index is 12.4. The molecule has 0 aromatic heterocycles. The molecule has 1 spiro atoms. The molecule has 2 heterocycles. The number of hydrogen-bond donors (Lipinski definition) is 1. The average molecular weight is 255 g/mol. The standard InChI is InChI=1S/C14H25NO3/c1-3-10(2)12(15)13(16)11-4-6-18-14(8-11)5-7-17-9-14/h10-12H,3-9,15H2,1-2H3. The van der Waals surface area contributed by atoms with Gasteiger partial charge in [0.1, 0.15) is 0 Å².